The second-order valence-electron chi connectivity index (χ2n) is 6.99. The lowest BCUT2D eigenvalue weighted by atomic mass is 10.1. The van der Waals surface area contributed by atoms with Gasteiger partial charge in [-0.15, -0.1) is 0 Å². The molecule has 6 nitrogen and oxygen atoms in total. The smallest absolute Gasteiger partial charge is 0.266 e. The van der Waals surface area contributed by atoms with E-state index in [0.29, 0.717) is 20.7 Å². The monoisotopic (exact) mass is 456 g/mol. The summed E-state index contributed by atoms with van der Waals surface area (Å²) in [5.74, 6) is 0.827. The summed E-state index contributed by atoms with van der Waals surface area (Å²) in [6.45, 7) is 4.19. The lowest BCUT2D eigenvalue weighted by Gasteiger charge is -2.15. The number of amides is 2. The first-order valence-corrected chi connectivity index (χ1v) is 10.9. The van der Waals surface area contributed by atoms with Crippen LogP contribution in [0.25, 0.3) is 6.08 Å². The molecule has 0 saturated carbocycles. The van der Waals surface area contributed by atoms with Crippen LogP contribution >= 0.6 is 24.0 Å². The van der Waals surface area contributed by atoms with Crippen LogP contribution in [0.1, 0.15) is 23.1 Å². The second kappa shape index (κ2) is 9.98. The number of carbonyl (C=O) groups is 2. The number of benzene rings is 2. The Morgan fingerprint density at radius 2 is 1.90 bits per heavy atom. The minimum Gasteiger partial charge on any atom is -0.493 e. The first-order chi connectivity index (χ1) is 14.8. The van der Waals surface area contributed by atoms with Crippen molar-refractivity contribution in [1.29, 1.82) is 0 Å². The van der Waals surface area contributed by atoms with Gasteiger partial charge in [0.05, 0.1) is 19.1 Å². The Balaban J connectivity index is 1.65. The zero-order valence-corrected chi connectivity index (χ0v) is 19.5. The molecule has 2 aromatic carbocycles. The molecule has 0 radical (unpaired) electrons. The Labute approximate surface area is 191 Å². The summed E-state index contributed by atoms with van der Waals surface area (Å²) in [6, 6.07) is 11.2. The summed E-state index contributed by atoms with van der Waals surface area (Å²) < 4.78 is 11.0. The number of methoxy groups -OCH3 is 2. The number of hydrogen-bond acceptors (Lipinski definition) is 6. The number of ether oxygens (including phenoxy) is 2. The molecule has 0 aliphatic carbocycles. The molecule has 0 aromatic heterocycles. The first-order valence-electron chi connectivity index (χ1n) is 9.67. The molecule has 1 heterocycles. The van der Waals surface area contributed by atoms with E-state index in [-0.39, 0.29) is 24.8 Å². The molecular formula is C23H24N2O4S2. The molecule has 1 fully saturated rings. The Morgan fingerprint density at radius 3 is 2.61 bits per heavy atom. The van der Waals surface area contributed by atoms with Gasteiger partial charge in [0.15, 0.2) is 11.5 Å². The van der Waals surface area contributed by atoms with Crippen molar-refractivity contribution in [3.05, 3.63) is 58.0 Å². The maximum atomic E-state index is 12.8. The number of anilines is 1. The van der Waals surface area contributed by atoms with E-state index in [4.69, 9.17) is 21.7 Å². The number of aryl methyl sites for hydroxylation is 1. The molecule has 1 saturated heterocycles. The number of hydrogen-bond donors (Lipinski definition) is 1. The van der Waals surface area contributed by atoms with Crippen LogP contribution in [0, 0.1) is 13.8 Å². The van der Waals surface area contributed by atoms with Crippen LogP contribution in [0.15, 0.2) is 41.3 Å². The van der Waals surface area contributed by atoms with E-state index in [0.717, 1.165) is 22.4 Å². The van der Waals surface area contributed by atoms with Gasteiger partial charge in [0.2, 0.25) is 5.91 Å². The lowest BCUT2D eigenvalue weighted by Crippen LogP contribution is -2.31. The Kier molecular flexibility index (Phi) is 7.35. The number of nitrogens with zero attached hydrogens (tertiary/aromatic N) is 1. The van der Waals surface area contributed by atoms with Crippen molar-refractivity contribution in [3.8, 4) is 11.5 Å². The normalized spacial score (nSPS) is 14.8. The number of nitrogens with one attached hydrogen (secondary N) is 1. The maximum absolute atomic E-state index is 12.8. The van der Waals surface area contributed by atoms with Gasteiger partial charge in [-0.2, -0.15) is 0 Å². The van der Waals surface area contributed by atoms with E-state index >= 15 is 0 Å². The molecule has 2 aromatic rings. The van der Waals surface area contributed by atoms with Crippen LogP contribution in [-0.2, 0) is 9.59 Å². The van der Waals surface area contributed by atoms with Crippen molar-refractivity contribution >= 4 is 51.9 Å². The summed E-state index contributed by atoms with van der Waals surface area (Å²) in [5, 5.41) is 2.91. The molecule has 1 aliphatic heterocycles. The molecule has 0 bridgehead atoms. The molecule has 1 N–H and O–H groups in total. The van der Waals surface area contributed by atoms with Crippen molar-refractivity contribution in [1.82, 2.24) is 4.90 Å². The zero-order chi connectivity index (χ0) is 22.5. The third-order valence-corrected chi connectivity index (χ3v) is 6.40. The predicted octanol–water partition coefficient (Wildman–Crippen LogP) is 4.55. The predicted molar refractivity (Wildman–Crippen MR) is 129 cm³/mol. The number of carbonyl (C=O) groups excluding carboxylic acids is 2. The Hall–Kier alpha value is -2.84. The Bertz CT molecular complexity index is 1070. The van der Waals surface area contributed by atoms with Crippen molar-refractivity contribution in [2.45, 2.75) is 20.3 Å². The van der Waals surface area contributed by atoms with E-state index < -0.39 is 0 Å². The molecule has 31 heavy (non-hydrogen) atoms. The quantitative estimate of drug-likeness (QED) is 0.487. The fourth-order valence-corrected chi connectivity index (χ4v) is 4.41. The number of thioether (sulfide) groups is 1. The second-order valence-corrected chi connectivity index (χ2v) is 8.67. The van der Waals surface area contributed by atoms with Gasteiger partial charge in [-0.1, -0.05) is 42.2 Å². The van der Waals surface area contributed by atoms with Gasteiger partial charge in [0, 0.05) is 18.7 Å². The topological polar surface area (TPSA) is 67.9 Å². The highest BCUT2D eigenvalue weighted by Gasteiger charge is 2.32. The van der Waals surface area contributed by atoms with Crippen molar-refractivity contribution in [2.75, 3.05) is 26.1 Å². The van der Waals surface area contributed by atoms with E-state index in [1.807, 2.05) is 38.1 Å². The highest BCUT2D eigenvalue weighted by atomic mass is 32.2. The van der Waals surface area contributed by atoms with Crippen LogP contribution in [0.3, 0.4) is 0 Å². The first kappa shape index (κ1) is 22.8. The van der Waals surface area contributed by atoms with E-state index in [1.54, 1.807) is 32.4 Å². The molecule has 3 rings (SSSR count). The minimum absolute atomic E-state index is 0.156. The van der Waals surface area contributed by atoms with Crippen molar-refractivity contribution in [3.63, 3.8) is 0 Å². The fourth-order valence-electron chi connectivity index (χ4n) is 3.10. The van der Waals surface area contributed by atoms with Gasteiger partial charge >= 0.3 is 0 Å². The average molecular weight is 457 g/mol. The largest absolute Gasteiger partial charge is 0.493 e. The standard InChI is InChI=1S/C23H24N2O4S2/c1-14-6-5-7-17(15(14)2)24-21(26)10-11-25-22(27)20(31-23(25)30)13-16-8-9-18(28-3)19(12-16)29-4/h5-9,12-13H,10-11H2,1-4H3,(H,24,26)/b20-13-. The van der Waals surface area contributed by atoms with Gasteiger partial charge in [0.1, 0.15) is 4.32 Å². The Morgan fingerprint density at radius 1 is 1.16 bits per heavy atom. The van der Waals surface area contributed by atoms with Gasteiger partial charge in [-0.05, 0) is 54.8 Å². The molecule has 0 atom stereocenters. The van der Waals surface area contributed by atoms with Gasteiger partial charge in [-0.3, -0.25) is 14.5 Å². The van der Waals surface area contributed by atoms with Crippen LogP contribution in [0.5, 0.6) is 11.5 Å². The van der Waals surface area contributed by atoms with Gasteiger partial charge < -0.3 is 14.8 Å². The third kappa shape index (κ3) is 5.26. The SMILES string of the molecule is COc1ccc(/C=C2\SC(=S)N(CCC(=O)Nc3cccc(C)c3C)C2=O)cc1OC. The van der Waals surface area contributed by atoms with Crippen molar-refractivity contribution < 1.29 is 19.1 Å². The molecule has 1 aliphatic rings. The molecule has 162 valence electrons. The average Bonchev–Trinajstić information content (AvgIpc) is 3.02. The third-order valence-electron chi connectivity index (χ3n) is 5.02. The molecule has 8 heteroatoms. The molecular weight excluding hydrogens is 432 g/mol. The molecule has 2 amide bonds. The summed E-state index contributed by atoms with van der Waals surface area (Å²) >= 11 is 6.59. The highest BCUT2D eigenvalue weighted by molar-refractivity contribution is 8.26. The number of thiocarbonyl (C=S) groups is 1. The summed E-state index contributed by atoms with van der Waals surface area (Å²) in [4.78, 5) is 27.2. The maximum Gasteiger partial charge on any atom is 0.266 e. The van der Waals surface area contributed by atoms with E-state index in [2.05, 4.69) is 5.32 Å². The minimum atomic E-state index is -0.204. The van der Waals surface area contributed by atoms with Crippen LogP contribution in [0.4, 0.5) is 5.69 Å². The van der Waals surface area contributed by atoms with E-state index in [9.17, 15) is 9.59 Å². The molecule has 0 spiro atoms. The van der Waals surface area contributed by atoms with Gasteiger partial charge in [-0.25, -0.2) is 0 Å². The van der Waals surface area contributed by atoms with E-state index in [1.165, 1.54) is 16.7 Å². The summed E-state index contributed by atoms with van der Waals surface area (Å²) in [5.41, 5.74) is 3.71. The summed E-state index contributed by atoms with van der Waals surface area (Å²) in [7, 11) is 3.13. The highest BCUT2D eigenvalue weighted by Crippen LogP contribution is 2.34. The van der Waals surface area contributed by atoms with Gasteiger partial charge in [0.25, 0.3) is 5.91 Å². The molecule has 0 unspecified atom stereocenters. The zero-order valence-electron chi connectivity index (χ0n) is 17.9. The van der Waals surface area contributed by atoms with Crippen molar-refractivity contribution in [2.24, 2.45) is 0 Å². The fraction of sp³-hybridized carbons (Fsp3) is 0.261. The number of rotatable bonds is 7. The summed E-state index contributed by atoms with van der Waals surface area (Å²) in [6.07, 6.45) is 1.92. The van der Waals surface area contributed by atoms with Crippen LogP contribution in [-0.4, -0.2) is 41.8 Å². The van der Waals surface area contributed by atoms with Crippen LogP contribution in [0.2, 0.25) is 0 Å². The van der Waals surface area contributed by atoms with Crippen LogP contribution < -0.4 is 14.8 Å². The lowest BCUT2D eigenvalue weighted by molar-refractivity contribution is -0.122.